The van der Waals surface area contributed by atoms with Gasteiger partial charge in [0, 0.05) is 13.0 Å². The van der Waals surface area contributed by atoms with Gasteiger partial charge in [-0.2, -0.15) is 0 Å². The molecule has 264 valence electrons. The molecule has 0 radical (unpaired) electrons. The number of unbranched alkanes of at least 4 members (excludes halogenated alkanes) is 3. The molecule has 0 aliphatic rings. The van der Waals surface area contributed by atoms with Crippen molar-refractivity contribution in [3.05, 3.63) is 71.3 Å². The molecule has 2 rings (SSSR count). The lowest BCUT2D eigenvalue weighted by Crippen LogP contribution is -2.55. The highest BCUT2D eigenvalue weighted by Gasteiger charge is 2.38. The molecular formula is C37H54N4O7. The second kappa shape index (κ2) is 18.2. The fourth-order valence-electron chi connectivity index (χ4n) is 5.01. The summed E-state index contributed by atoms with van der Waals surface area (Å²) in [5, 5.41) is 5.38. The van der Waals surface area contributed by atoms with E-state index >= 15 is 0 Å². The third-order valence-electron chi connectivity index (χ3n) is 7.17. The largest absolute Gasteiger partial charge is 0.458 e. The Kier molecular flexibility index (Phi) is 15.1. The van der Waals surface area contributed by atoms with E-state index < -0.39 is 65.5 Å². The summed E-state index contributed by atoms with van der Waals surface area (Å²) in [7, 11) is 0. The van der Waals surface area contributed by atoms with Crippen LogP contribution in [0.2, 0.25) is 0 Å². The van der Waals surface area contributed by atoms with Crippen LogP contribution in [-0.4, -0.2) is 64.5 Å². The van der Waals surface area contributed by atoms with Crippen molar-refractivity contribution in [1.29, 1.82) is 0 Å². The van der Waals surface area contributed by atoms with E-state index in [9.17, 15) is 24.0 Å². The van der Waals surface area contributed by atoms with Crippen molar-refractivity contribution in [3.8, 4) is 0 Å². The number of primary amides is 1. The Balaban J connectivity index is 2.63. The van der Waals surface area contributed by atoms with Crippen LogP contribution in [0.5, 0.6) is 0 Å². The number of nitrogens with two attached hydrogens (primary N) is 1. The Bertz CT molecular complexity index is 1360. The molecule has 0 aliphatic heterocycles. The highest BCUT2D eigenvalue weighted by atomic mass is 16.6. The maximum absolute atomic E-state index is 14.5. The zero-order valence-electron chi connectivity index (χ0n) is 29.8. The quantitative estimate of drug-likeness (QED) is 0.162. The summed E-state index contributed by atoms with van der Waals surface area (Å²) in [6.45, 7) is 14.3. The predicted molar refractivity (Wildman–Crippen MR) is 185 cm³/mol. The van der Waals surface area contributed by atoms with Crippen LogP contribution in [-0.2, 0) is 35.1 Å². The number of hydrogen-bond acceptors (Lipinski definition) is 7. The second-order valence-corrected chi connectivity index (χ2v) is 14.1. The van der Waals surface area contributed by atoms with Gasteiger partial charge in [0.2, 0.25) is 17.7 Å². The van der Waals surface area contributed by atoms with Crippen molar-refractivity contribution in [2.24, 2.45) is 5.73 Å². The third-order valence-corrected chi connectivity index (χ3v) is 7.17. The number of carbonyl (C=O) groups excluding carboxylic acids is 5. The van der Waals surface area contributed by atoms with Crippen LogP contribution < -0.4 is 16.4 Å². The summed E-state index contributed by atoms with van der Waals surface area (Å²) in [5.41, 5.74) is 6.07. The molecule has 0 bridgehead atoms. The number of alkyl carbamates (subject to hydrolysis) is 1. The average Bonchev–Trinajstić information content (AvgIpc) is 2.97. The highest BCUT2D eigenvalue weighted by molar-refractivity contribution is 5.95. The van der Waals surface area contributed by atoms with E-state index in [1.807, 2.05) is 49.4 Å². The van der Waals surface area contributed by atoms with E-state index in [2.05, 4.69) is 17.6 Å². The lowest BCUT2D eigenvalue weighted by molar-refractivity contribution is -0.159. The molecule has 2 aromatic rings. The summed E-state index contributed by atoms with van der Waals surface area (Å²) in [5.74, 6) is -2.75. The van der Waals surface area contributed by atoms with Gasteiger partial charge in [0.15, 0.2) is 0 Å². The minimum atomic E-state index is -1.41. The molecule has 2 aromatic carbocycles. The van der Waals surface area contributed by atoms with Crippen LogP contribution in [0, 0.1) is 6.92 Å². The molecule has 0 aliphatic carbocycles. The number of carbonyl (C=O) groups is 5. The molecule has 11 heteroatoms. The summed E-state index contributed by atoms with van der Waals surface area (Å²) < 4.78 is 11.1. The Morgan fingerprint density at radius 2 is 1.40 bits per heavy atom. The van der Waals surface area contributed by atoms with Gasteiger partial charge in [-0.15, -0.1) is 0 Å². The number of rotatable bonds is 16. The van der Waals surface area contributed by atoms with Gasteiger partial charge in [-0.05, 0) is 66.0 Å². The highest BCUT2D eigenvalue weighted by Crippen LogP contribution is 2.25. The van der Waals surface area contributed by atoms with E-state index in [0.717, 1.165) is 30.4 Å². The first kappa shape index (κ1) is 39.8. The first-order valence-electron chi connectivity index (χ1n) is 16.6. The average molecular weight is 667 g/mol. The van der Waals surface area contributed by atoms with Crippen LogP contribution in [0.15, 0.2) is 54.6 Å². The Hall–Kier alpha value is -4.41. The van der Waals surface area contributed by atoms with Crippen molar-refractivity contribution < 1.29 is 33.4 Å². The van der Waals surface area contributed by atoms with E-state index in [0.29, 0.717) is 12.0 Å². The first-order chi connectivity index (χ1) is 22.4. The molecule has 4 N–H and O–H groups in total. The van der Waals surface area contributed by atoms with Crippen LogP contribution in [0.3, 0.4) is 0 Å². The van der Waals surface area contributed by atoms with Gasteiger partial charge in [-0.3, -0.25) is 14.4 Å². The van der Waals surface area contributed by atoms with Crippen LogP contribution in [0.1, 0.15) is 103 Å². The minimum absolute atomic E-state index is 0.131. The smallest absolute Gasteiger partial charge is 0.408 e. The standard InChI is InChI=1S/C37H54N4O7/c1-9-10-11-15-22-41(33(44)28(24-30(38)42)40-35(46)48-37(6,7)8)31(27-20-18-25(2)19-21-27)32(43)39-29(34(45)47-36(3,4)5)23-26-16-13-12-14-17-26/h12-14,16-21,28-29,31H,9-11,15,22-24H2,1-8H3,(H2,38,42)(H,39,43)(H,40,46). The van der Waals surface area contributed by atoms with Crippen molar-refractivity contribution in [2.45, 2.75) is 123 Å². The minimum Gasteiger partial charge on any atom is -0.458 e. The van der Waals surface area contributed by atoms with Gasteiger partial charge in [-0.25, -0.2) is 9.59 Å². The number of hydrogen-bond donors (Lipinski definition) is 3. The van der Waals surface area contributed by atoms with Gasteiger partial charge in [0.05, 0.1) is 6.42 Å². The lowest BCUT2D eigenvalue weighted by atomic mass is 9.99. The molecule has 3 unspecified atom stereocenters. The number of nitrogens with zero attached hydrogens (tertiary/aromatic N) is 1. The lowest BCUT2D eigenvalue weighted by Gasteiger charge is -2.35. The molecule has 0 spiro atoms. The van der Waals surface area contributed by atoms with Crippen LogP contribution in [0.25, 0.3) is 0 Å². The Labute approximate surface area is 285 Å². The van der Waals surface area contributed by atoms with Gasteiger partial charge < -0.3 is 30.7 Å². The molecule has 0 fully saturated rings. The Morgan fingerprint density at radius 3 is 1.94 bits per heavy atom. The van der Waals surface area contributed by atoms with E-state index in [-0.39, 0.29) is 13.0 Å². The van der Waals surface area contributed by atoms with E-state index in [4.69, 9.17) is 15.2 Å². The number of ether oxygens (including phenoxy) is 2. The fourth-order valence-corrected chi connectivity index (χ4v) is 5.01. The summed E-state index contributed by atoms with van der Waals surface area (Å²) in [6.07, 6.45) is 1.90. The van der Waals surface area contributed by atoms with Gasteiger partial charge in [-0.1, -0.05) is 86.3 Å². The van der Waals surface area contributed by atoms with Crippen LogP contribution in [0.4, 0.5) is 4.79 Å². The molecule has 3 atom stereocenters. The zero-order chi connectivity index (χ0) is 36.1. The molecule has 11 nitrogen and oxygen atoms in total. The number of nitrogens with one attached hydrogen (secondary N) is 2. The summed E-state index contributed by atoms with van der Waals surface area (Å²) in [6, 6.07) is 12.7. The number of benzene rings is 2. The molecule has 48 heavy (non-hydrogen) atoms. The van der Waals surface area contributed by atoms with Gasteiger partial charge in [0.1, 0.15) is 29.3 Å². The van der Waals surface area contributed by atoms with Crippen molar-refractivity contribution >= 4 is 29.8 Å². The molecule has 0 aromatic heterocycles. The normalized spacial score (nSPS) is 13.4. The van der Waals surface area contributed by atoms with Crippen LogP contribution >= 0.6 is 0 Å². The Morgan fingerprint density at radius 1 is 0.792 bits per heavy atom. The van der Waals surface area contributed by atoms with Gasteiger partial charge in [0.25, 0.3) is 0 Å². The van der Waals surface area contributed by atoms with E-state index in [1.54, 1.807) is 53.7 Å². The number of esters is 1. The van der Waals surface area contributed by atoms with Gasteiger partial charge >= 0.3 is 12.1 Å². The van der Waals surface area contributed by atoms with Crippen molar-refractivity contribution in [1.82, 2.24) is 15.5 Å². The first-order valence-corrected chi connectivity index (χ1v) is 16.6. The molecule has 0 heterocycles. The maximum atomic E-state index is 14.5. The topological polar surface area (TPSA) is 157 Å². The number of aryl methyl sites for hydroxylation is 1. The van der Waals surface area contributed by atoms with E-state index in [1.165, 1.54) is 4.90 Å². The molecular weight excluding hydrogens is 612 g/mol. The second-order valence-electron chi connectivity index (χ2n) is 14.1. The summed E-state index contributed by atoms with van der Waals surface area (Å²) in [4.78, 5) is 68.7. The predicted octanol–water partition coefficient (Wildman–Crippen LogP) is 5.28. The van der Waals surface area contributed by atoms with Crippen molar-refractivity contribution in [3.63, 3.8) is 0 Å². The zero-order valence-corrected chi connectivity index (χ0v) is 29.8. The number of amides is 4. The summed E-state index contributed by atoms with van der Waals surface area (Å²) >= 11 is 0. The SMILES string of the molecule is CCCCCCN(C(=O)C(CC(N)=O)NC(=O)OC(C)(C)C)C(C(=O)NC(Cc1ccccc1)C(=O)OC(C)(C)C)c1ccc(C)cc1. The maximum Gasteiger partial charge on any atom is 0.408 e. The molecule has 4 amide bonds. The monoisotopic (exact) mass is 666 g/mol. The fraction of sp³-hybridized carbons (Fsp3) is 0.541. The molecule has 0 saturated carbocycles. The molecule has 0 saturated heterocycles. The van der Waals surface area contributed by atoms with Crippen molar-refractivity contribution in [2.75, 3.05) is 6.54 Å². The third kappa shape index (κ3) is 14.1.